The SMILES string of the molecule is CN1CCN(C(=O)c2ccc(NC(=O)C3CC3)cc2N2CC[C@H](C(F)(F)F)C2)[C@@H](c2ccccc2)C1. The number of hydrogen-bond acceptors (Lipinski definition) is 4. The van der Waals surface area contributed by atoms with Gasteiger partial charge in [0.15, 0.2) is 0 Å². The molecule has 2 amide bonds. The van der Waals surface area contributed by atoms with E-state index in [1.807, 2.05) is 42.3 Å². The molecule has 1 aliphatic carbocycles. The molecule has 36 heavy (non-hydrogen) atoms. The number of halogens is 3. The predicted molar refractivity (Wildman–Crippen MR) is 132 cm³/mol. The Hall–Kier alpha value is -3.07. The minimum Gasteiger partial charge on any atom is -0.370 e. The van der Waals surface area contributed by atoms with Crippen LogP contribution in [-0.4, -0.2) is 67.6 Å². The lowest BCUT2D eigenvalue weighted by Gasteiger charge is -2.41. The van der Waals surface area contributed by atoms with Crippen LogP contribution in [0, 0.1) is 11.8 Å². The van der Waals surface area contributed by atoms with Crippen molar-refractivity contribution in [3.8, 4) is 0 Å². The third-order valence-corrected chi connectivity index (χ3v) is 7.46. The highest BCUT2D eigenvalue weighted by Gasteiger charge is 2.44. The average molecular weight is 501 g/mol. The van der Waals surface area contributed by atoms with E-state index in [1.54, 1.807) is 23.1 Å². The summed E-state index contributed by atoms with van der Waals surface area (Å²) in [4.78, 5) is 31.9. The molecule has 0 unspecified atom stereocenters. The first-order chi connectivity index (χ1) is 17.2. The fraction of sp³-hybridized carbons (Fsp3) is 0.481. The van der Waals surface area contributed by atoms with Gasteiger partial charge >= 0.3 is 6.18 Å². The molecule has 0 aromatic heterocycles. The van der Waals surface area contributed by atoms with Crippen molar-refractivity contribution in [1.29, 1.82) is 0 Å². The number of likely N-dealkylation sites (N-methyl/N-ethyl adjacent to an activating group) is 1. The molecule has 5 rings (SSSR count). The molecule has 0 bridgehead atoms. The number of nitrogens with one attached hydrogen (secondary N) is 1. The molecule has 2 saturated heterocycles. The van der Waals surface area contributed by atoms with Gasteiger partial charge in [-0.2, -0.15) is 13.2 Å². The van der Waals surface area contributed by atoms with Crippen LogP contribution in [0.1, 0.15) is 41.2 Å². The fourth-order valence-corrected chi connectivity index (χ4v) is 5.17. The number of rotatable bonds is 5. The molecule has 2 aromatic carbocycles. The number of alkyl halides is 3. The maximum Gasteiger partial charge on any atom is 0.393 e. The third-order valence-electron chi connectivity index (χ3n) is 7.46. The van der Waals surface area contributed by atoms with Crippen molar-refractivity contribution in [2.75, 3.05) is 50.0 Å². The second-order valence-electron chi connectivity index (χ2n) is 10.2. The Balaban J connectivity index is 1.47. The Bertz CT molecular complexity index is 1120. The summed E-state index contributed by atoms with van der Waals surface area (Å²) in [6.07, 6.45) is -2.61. The fourth-order valence-electron chi connectivity index (χ4n) is 5.17. The monoisotopic (exact) mass is 500 g/mol. The molecular weight excluding hydrogens is 469 g/mol. The topological polar surface area (TPSA) is 55.9 Å². The van der Waals surface area contributed by atoms with Gasteiger partial charge in [-0.3, -0.25) is 9.59 Å². The molecule has 0 radical (unpaired) electrons. The summed E-state index contributed by atoms with van der Waals surface area (Å²) in [7, 11) is 2.02. The van der Waals surface area contributed by atoms with Crippen LogP contribution < -0.4 is 10.2 Å². The average Bonchev–Trinajstić information content (AvgIpc) is 3.59. The van der Waals surface area contributed by atoms with Gasteiger partial charge in [-0.1, -0.05) is 30.3 Å². The minimum atomic E-state index is -4.29. The predicted octanol–water partition coefficient (Wildman–Crippen LogP) is 4.55. The summed E-state index contributed by atoms with van der Waals surface area (Å²) >= 11 is 0. The van der Waals surface area contributed by atoms with E-state index in [2.05, 4.69) is 10.2 Å². The van der Waals surface area contributed by atoms with Crippen LogP contribution >= 0.6 is 0 Å². The van der Waals surface area contributed by atoms with Crippen molar-refractivity contribution in [1.82, 2.24) is 9.80 Å². The quantitative estimate of drug-likeness (QED) is 0.655. The second-order valence-corrected chi connectivity index (χ2v) is 10.2. The first-order valence-corrected chi connectivity index (χ1v) is 12.5. The van der Waals surface area contributed by atoms with Gasteiger partial charge in [0.1, 0.15) is 0 Å². The lowest BCUT2D eigenvalue weighted by molar-refractivity contribution is -0.168. The Morgan fingerprint density at radius 2 is 1.69 bits per heavy atom. The number of anilines is 2. The highest BCUT2D eigenvalue weighted by atomic mass is 19.4. The molecule has 1 N–H and O–H groups in total. The van der Waals surface area contributed by atoms with Crippen LogP contribution in [0.25, 0.3) is 0 Å². The van der Waals surface area contributed by atoms with Crippen LogP contribution in [0.15, 0.2) is 48.5 Å². The molecular formula is C27H31F3N4O2. The van der Waals surface area contributed by atoms with Crippen LogP contribution in [-0.2, 0) is 4.79 Å². The number of piperazine rings is 1. The first kappa shape index (κ1) is 24.6. The smallest absolute Gasteiger partial charge is 0.370 e. The molecule has 2 aliphatic heterocycles. The number of amides is 2. The largest absolute Gasteiger partial charge is 0.393 e. The van der Waals surface area contributed by atoms with Crippen molar-refractivity contribution in [2.24, 2.45) is 11.8 Å². The minimum absolute atomic E-state index is 0.00637. The van der Waals surface area contributed by atoms with E-state index >= 15 is 0 Å². The lowest BCUT2D eigenvalue weighted by atomic mass is 10.0. The van der Waals surface area contributed by atoms with E-state index in [0.717, 1.165) is 18.4 Å². The van der Waals surface area contributed by atoms with Crippen LogP contribution in [0.4, 0.5) is 24.5 Å². The summed E-state index contributed by atoms with van der Waals surface area (Å²) in [5.41, 5.74) is 2.34. The van der Waals surface area contributed by atoms with Gasteiger partial charge in [-0.15, -0.1) is 0 Å². The van der Waals surface area contributed by atoms with Gasteiger partial charge in [0.05, 0.1) is 23.2 Å². The van der Waals surface area contributed by atoms with Crippen LogP contribution in [0.3, 0.4) is 0 Å². The third kappa shape index (κ3) is 5.21. The number of nitrogens with zero attached hydrogens (tertiary/aromatic N) is 3. The molecule has 6 nitrogen and oxygen atoms in total. The van der Waals surface area contributed by atoms with E-state index in [-0.39, 0.29) is 43.3 Å². The van der Waals surface area contributed by atoms with Crippen molar-refractivity contribution in [3.63, 3.8) is 0 Å². The van der Waals surface area contributed by atoms with Crippen molar-refractivity contribution < 1.29 is 22.8 Å². The van der Waals surface area contributed by atoms with E-state index in [0.29, 0.717) is 36.6 Å². The van der Waals surface area contributed by atoms with E-state index in [9.17, 15) is 22.8 Å². The van der Waals surface area contributed by atoms with Crippen LogP contribution in [0.2, 0.25) is 0 Å². The first-order valence-electron chi connectivity index (χ1n) is 12.5. The van der Waals surface area contributed by atoms with Crippen LogP contribution in [0.5, 0.6) is 0 Å². The number of hydrogen-bond donors (Lipinski definition) is 1. The number of benzene rings is 2. The highest BCUT2D eigenvalue weighted by molar-refractivity contribution is 6.02. The van der Waals surface area contributed by atoms with Gasteiger partial charge in [0, 0.05) is 44.3 Å². The second kappa shape index (κ2) is 9.76. The van der Waals surface area contributed by atoms with E-state index < -0.39 is 12.1 Å². The van der Waals surface area contributed by atoms with E-state index in [1.165, 1.54) is 0 Å². The van der Waals surface area contributed by atoms with Gasteiger partial charge in [0.2, 0.25) is 5.91 Å². The van der Waals surface area contributed by atoms with E-state index in [4.69, 9.17) is 0 Å². The number of carbonyl (C=O) groups excluding carboxylic acids is 2. The molecule has 2 heterocycles. The molecule has 0 spiro atoms. The summed E-state index contributed by atoms with van der Waals surface area (Å²) in [6, 6.07) is 14.6. The highest BCUT2D eigenvalue weighted by Crippen LogP contribution is 2.39. The summed E-state index contributed by atoms with van der Waals surface area (Å²) < 4.78 is 40.4. The summed E-state index contributed by atoms with van der Waals surface area (Å²) in [5, 5.41) is 2.88. The van der Waals surface area contributed by atoms with Crippen molar-refractivity contribution in [2.45, 2.75) is 31.5 Å². The van der Waals surface area contributed by atoms with Crippen molar-refractivity contribution >= 4 is 23.2 Å². The van der Waals surface area contributed by atoms with Gasteiger partial charge < -0.3 is 20.0 Å². The molecule has 3 fully saturated rings. The standard InChI is InChI=1S/C27H31F3N4O2/c1-32-13-14-34(24(17-32)18-5-3-2-4-6-18)26(36)22-10-9-21(31-25(35)19-7-8-19)15-23(22)33-12-11-20(16-33)27(28,29)30/h2-6,9-10,15,19-20,24H,7-8,11-14,16-17H2,1H3,(H,31,35)/t20-,24+/m0/s1. The molecule has 1 saturated carbocycles. The lowest BCUT2D eigenvalue weighted by Crippen LogP contribution is -2.49. The Morgan fingerprint density at radius 1 is 0.944 bits per heavy atom. The van der Waals surface area contributed by atoms with Gasteiger partial charge in [-0.05, 0) is 50.1 Å². The molecule has 2 aromatic rings. The maximum absolute atomic E-state index is 14.0. The Labute approximate surface area is 209 Å². The summed E-state index contributed by atoms with van der Waals surface area (Å²) in [6.45, 7) is 1.89. The Morgan fingerprint density at radius 3 is 2.36 bits per heavy atom. The Kier molecular flexibility index (Phi) is 6.68. The zero-order chi connectivity index (χ0) is 25.4. The molecule has 2 atom stereocenters. The van der Waals surface area contributed by atoms with Crippen molar-refractivity contribution in [3.05, 3.63) is 59.7 Å². The van der Waals surface area contributed by atoms with Gasteiger partial charge in [0.25, 0.3) is 5.91 Å². The molecule has 192 valence electrons. The normalized spacial score (nSPS) is 23.1. The maximum atomic E-state index is 14.0. The zero-order valence-electron chi connectivity index (χ0n) is 20.3. The molecule has 3 aliphatic rings. The van der Waals surface area contributed by atoms with Gasteiger partial charge in [-0.25, -0.2) is 0 Å². The molecule has 9 heteroatoms. The number of carbonyl (C=O) groups is 2. The zero-order valence-corrected chi connectivity index (χ0v) is 20.3. The summed E-state index contributed by atoms with van der Waals surface area (Å²) in [5.74, 6) is -1.74.